The Labute approximate surface area is 209 Å². The summed E-state index contributed by atoms with van der Waals surface area (Å²) in [5.74, 6) is -0.529. The Morgan fingerprint density at radius 1 is 1.06 bits per heavy atom. The molecule has 0 aliphatic carbocycles. The van der Waals surface area contributed by atoms with Crippen LogP contribution in [0.2, 0.25) is 0 Å². The first-order chi connectivity index (χ1) is 16.5. The maximum absolute atomic E-state index is 13.4. The lowest BCUT2D eigenvalue weighted by Crippen LogP contribution is -2.34. The van der Waals surface area contributed by atoms with Crippen molar-refractivity contribution in [2.75, 3.05) is 0 Å². The summed E-state index contributed by atoms with van der Waals surface area (Å²) in [7, 11) is 0. The topological polar surface area (TPSA) is 74.9 Å². The van der Waals surface area contributed by atoms with Crippen molar-refractivity contribution < 1.29 is 4.79 Å². The maximum atomic E-state index is 13.4. The molecule has 4 aromatic rings. The number of nitrogens with one attached hydrogen (secondary N) is 1. The van der Waals surface area contributed by atoms with Gasteiger partial charge in [-0.2, -0.15) is 5.26 Å². The molecule has 168 valence electrons. The standard InChI is InChI=1S/C27H20BrN3O2S/c1-18(20-10-4-2-5-11-20)30-25(32)23(17-29)27-31(22-13-6-3-7-14-22)26(33)24(34-27)16-19-9-8-12-21(28)15-19/h2-16,18H,1H3,(H,30,32)/b24-16+,27-23-/t18-/m0/s1. The molecule has 1 aromatic heterocycles. The molecular weight excluding hydrogens is 510 g/mol. The molecule has 1 amide bonds. The van der Waals surface area contributed by atoms with Crippen LogP contribution in [0, 0.1) is 11.3 Å². The predicted octanol–water partition coefficient (Wildman–Crippen LogP) is 4.04. The molecule has 7 heteroatoms. The van der Waals surface area contributed by atoms with Crippen LogP contribution in [0.1, 0.15) is 24.1 Å². The number of rotatable bonds is 5. The summed E-state index contributed by atoms with van der Waals surface area (Å²) in [4.78, 5) is 26.6. The van der Waals surface area contributed by atoms with Gasteiger partial charge in [-0.1, -0.05) is 76.6 Å². The smallest absolute Gasteiger partial charge is 0.273 e. The Balaban J connectivity index is 1.90. The van der Waals surface area contributed by atoms with Gasteiger partial charge in [0.25, 0.3) is 11.5 Å². The Bertz CT molecular complexity index is 1550. The van der Waals surface area contributed by atoms with Crippen molar-refractivity contribution in [3.05, 3.63) is 120 Å². The van der Waals surface area contributed by atoms with Crippen molar-refractivity contribution in [2.24, 2.45) is 0 Å². The number of hydrogen-bond donors (Lipinski definition) is 1. The highest BCUT2D eigenvalue weighted by Crippen LogP contribution is 2.13. The molecule has 0 unspecified atom stereocenters. The Morgan fingerprint density at radius 3 is 2.38 bits per heavy atom. The van der Waals surface area contributed by atoms with Crippen molar-refractivity contribution in [2.45, 2.75) is 13.0 Å². The quantitative estimate of drug-likeness (QED) is 0.423. The fourth-order valence-electron chi connectivity index (χ4n) is 3.50. The van der Waals surface area contributed by atoms with Crippen LogP contribution < -0.4 is 20.1 Å². The number of nitriles is 1. The van der Waals surface area contributed by atoms with Gasteiger partial charge in [0, 0.05) is 4.47 Å². The summed E-state index contributed by atoms with van der Waals surface area (Å²) in [6.45, 7) is 1.85. The van der Waals surface area contributed by atoms with Gasteiger partial charge < -0.3 is 5.32 Å². The summed E-state index contributed by atoms with van der Waals surface area (Å²) in [6, 6.07) is 27.8. The van der Waals surface area contributed by atoms with E-state index in [1.165, 1.54) is 4.57 Å². The molecular formula is C27H20BrN3O2S. The minimum atomic E-state index is -0.529. The number of benzene rings is 3. The predicted molar refractivity (Wildman–Crippen MR) is 139 cm³/mol. The monoisotopic (exact) mass is 529 g/mol. The second kappa shape index (κ2) is 10.5. The molecule has 0 saturated carbocycles. The molecule has 34 heavy (non-hydrogen) atoms. The summed E-state index contributed by atoms with van der Waals surface area (Å²) in [5.41, 5.74) is 1.94. The summed E-state index contributed by atoms with van der Waals surface area (Å²) >= 11 is 4.57. The molecule has 0 aliphatic heterocycles. The van der Waals surface area contributed by atoms with Gasteiger partial charge in [-0.25, -0.2) is 0 Å². The number of aromatic nitrogens is 1. The molecule has 4 rings (SSSR count). The van der Waals surface area contributed by atoms with E-state index in [2.05, 4.69) is 21.2 Å². The van der Waals surface area contributed by atoms with Gasteiger partial charge in [0.05, 0.1) is 16.3 Å². The zero-order valence-electron chi connectivity index (χ0n) is 18.2. The minimum absolute atomic E-state index is 0.109. The van der Waals surface area contributed by atoms with Crippen molar-refractivity contribution >= 4 is 44.8 Å². The van der Waals surface area contributed by atoms with Crippen LogP contribution >= 0.6 is 27.3 Å². The number of amides is 1. The van der Waals surface area contributed by atoms with Crippen molar-refractivity contribution in [3.8, 4) is 11.8 Å². The average molecular weight is 530 g/mol. The molecule has 0 saturated heterocycles. The van der Waals surface area contributed by atoms with Crippen molar-refractivity contribution in [1.29, 1.82) is 5.26 Å². The first kappa shape index (κ1) is 23.4. The number of para-hydroxylation sites is 1. The van der Waals surface area contributed by atoms with E-state index >= 15 is 0 Å². The SMILES string of the molecule is C[C@H](NC(=O)/C(C#N)=c1\s/c(=C/c2cccc(Br)c2)c(=O)n1-c1ccccc1)c1ccccc1. The van der Waals surface area contributed by atoms with Crippen LogP contribution in [0.25, 0.3) is 17.3 Å². The number of halogens is 1. The van der Waals surface area contributed by atoms with Crippen LogP contribution in [0.4, 0.5) is 0 Å². The number of nitrogens with zero attached hydrogens (tertiary/aromatic N) is 2. The molecule has 3 aromatic carbocycles. The number of hydrogen-bond acceptors (Lipinski definition) is 4. The maximum Gasteiger partial charge on any atom is 0.273 e. The summed E-state index contributed by atoms with van der Waals surface area (Å²) in [5, 5.41) is 12.8. The highest BCUT2D eigenvalue weighted by atomic mass is 79.9. The Morgan fingerprint density at radius 2 is 1.74 bits per heavy atom. The molecule has 5 nitrogen and oxygen atoms in total. The van der Waals surface area contributed by atoms with E-state index in [0.717, 1.165) is 26.9 Å². The van der Waals surface area contributed by atoms with Gasteiger partial charge in [-0.05, 0) is 48.4 Å². The second-order valence-electron chi connectivity index (χ2n) is 7.54. The molecule has 0 spiro atoms. The van der Waals surface area contributed by atoms with Gasteiger partial charge in [0.2, 0.25) is 0 Å². The van der Waals surface area contributed by atoms with Crippen molar-refractivity contribution in [3.63, 3.8) is 0 Å². The van der Waals surface area contributed by atoms with E-state index in [1.807, 2.05) is 85.8 Å². The van der Waals surface area contributed by atoms with Gasteiger partial charge in [-0.15, -0.1) is 11.3 Å². The summed E-state index contributed by atoms with van der Waals surface area (Å²) in [6.07, 6.45) is 1.76. The number of carbonyl (C=O) groups excluding carboxylic acids is 1. The second-order valence-corrected chi connectivity index (χ2v) is 9.49. The third-order valence-electron chi connectivity index (χ3n) is 5.18. The number of thiazole rings is 1. The fraction of sp³-hybridized carbons (Fsp3) is 0.0741. The summed E-state index contributed by atoms with van der Waals surface area (Å²) < 4.78 is 3.03. The normalized spacial score (nSPS) is 13.1. The largest absolute Gasteiger partial charge is 0.345 e. The van der Waals surface area contributed by atoms with Crippen LogP contribution in [-0.2, 0) is 4.79 Å². The highest BCUT2D eigenvalue weighted by molar-refractivity contribution is 9.10. The zero-order chi connectivity index (χ0) is 24.1. The molecule has 1 atom stereocenters. The zero-order valence-corrected chi connectivity index (χ0v) is 20.6. The molecule has 0 fully saturated rings. The van der Waals surface area contributed by atoms with E-state index in [0.29, 0.717) is 10.2 Å². The molecule has 1 N–H and O–H groups in total. The van der Waals surface area contributed by atoms with Gasteiger partial charge >= 0.3 is 0 Å². The molecule has 0 radical (unpaired) electrons. The Kier molecular flexibility index (Phi) is 7.21. The number of carbonyl (C=O) groups is 1. The third kappa shape index (κ3) is 5.09. The van der Waals surface area contributed by atoms with E-state index in [1.54, 1.807) is 18.2 Å². The third-order valence-corrected chi connectivity index (χ3v) is 6.77. The van der Waals surface area contributed by atoms with Crippen LogP contribution in [-0.4, -0.2) is 10.5 Å². The first-order valence-corrected chi connectivity index (χ1v) is 12.1. The van der Waals surface area contributed by atoms with Crippen LogP contribution in [0.5, 0.6) is 0 Å². The fourth-order valence-corrected chi connectivity index (χ4v) is 5.02. The Hall–Kier alpha value is -3.73. The highest BCUT2D eigenvalue weighted by Gasteiger charge is 2.19. The lowest BCUT2D eigenvalue weighted by molar-refractivity contribution is -0.116. The van der Waals surface area contributed by atoms with E-state index in [-0.39, 0.29) is 21.8 Å². The van der Waals surface area contributed by atoms with Crippen molar-refractivity contribution in [1.82, 2.24) is 9.88 Å². The van der Waals surface area contributed by atoms with E-state index in [4.69, 9.17) is 0 Å². The van der Waals surface area contributed by atoms with Crippen LogP contribution in [0.3, 0.4) is 0 Å². The first-order valence-electron chi connectivity index (χ1n) is 10.5. The van der Waals surface area contributed by atoms with Gasteiger partial charge in [-0.3, -0.25) is 14.2 Å². The lowest BCUT2D eigenvalue weighted by Gasteiger charge is -2.13. The molecule has 0 bridgehead atoms. The van der Waals surface area contributed by atoms with E-state index in [9.17, 15) is 14.9 Å². The van der Waals surface area contributed by atoms with Crippen LogP contribution in [0.15, 0.2) is 94.2 Å². The minimum Gasteiger partial charge on any atom is -0.345 e. The van der Waals surface area contributed by atoms with Gasteiger partial charge in [0.15, 0.2) is 5.57 Å². The average Bonchev–Trinajstić information content (AvgIpc) is 3.16. The lowest BCUT2D eigenvalue weighted by atomic mass is 10.1. The molecule has 0 aliphatic rings. The van der Waals surface area contributed by atoms with Gasteiger partial charge in [0.1, 0.15) is 10.7 Å². The molecule has 1 heterocycles. The van der Waals surface area contributed by atoms with E-state index < -0.39 is 5.91 Å².